The minimum atomic E-state index is -4.41. The maximum Gasteiger partial charge on any atom is 0.416 e. The lowest BCUT2D eigenvalue weighted by Crippen LogP contribution is -2.41. The molecule has 0 unspecified atom stereocenters. The Labute approximate surface area is 129 Å². The zero-order valence-electron chi connectivity index (χ0n) is 12.0. The molecule has 2 rings (SSSR count). The Morgan fingerprint density at radius 2 is 1.91 bits per heavy atom. The van der Waals surface area contributed by atoms with Crippen LogP contribution in [0.1, 0.15) is 18.1 Å². The number of rotatable bonds is 2. The van der Waals surface area contributed by atoms with E-state index in [9.17, 15) is 22.2 Å². The Hall–Kier alpha value is -1.63. The van der Waals surface area contributed by atoms with Gasteiger partial charge in [-0.05, 0) is 30.2 Å². The van der Waals surface area contributed by atoms with Gasteiger partial charge in [0, 0.05) is 41.5 Å². The third-order valence-corrected chi connectivity index (χ3v) is 4.75. The van der Waals surface area contributed by atoms with Crippen LogP contribution in [0.5, 0.6) is 0 Å². The molecule has 1 aliphatic rings. The highest BCUT2D eigenvalue weighted by molar-refractivity contribution is 7.85. The highest BCUT2D eigenvalue weighted by Gasteiger charge is 2.30. The summed E-state index contributed by atoms with van der Waals surface area (Å²) in [5, 5.41) is 0. The molecule has 120 valence electrons. The molecule has 0 spiro atoms. The van der Waals surface area contributed by atoms with Crippen LogP contribution in [0.3, 0.4) is 0 Å². The van der Waals surface area contributed by atoms with Crippen LogP contribution in [0.2, 0.25) is 0 Å². The molecule has 7 heteroatoms. The predicted octanol–water partition coefficient (Wildman–Crippen LogP) is 2.70. The van der Waals surface area contributed by atoms with Crippen molar-refractivity contribution in [3.05, 3.63) is 41.5 Å². The first kappa shape index (κ1) is 16.7. The van der Waals surface area contributed by atoms with Gasteiger partial charge in [-0.25, -0.2) is 0 Å². The highest BCUT2D eigenvalue weighted by Crippen LogP contribution is 2.30. The zero-order valence-corrected chi connectivity index (χ0v) is 12.8. The minimum Gasteiger partial charge on any atom is -0.337 e. The molecular weight excluding hydrogens is 315 g/mol. The van der Waals surface area contributed by atoms with Crippen molar-refractivity contribution in [2.75, 3.05) is 24.6 Å². The summed E-state index contributed by atoms with van der Waals surface area (Å²) >= 11 is 0. The fourth-order valence-corrected chi connectivity index (χ4v) is 3.21. The van der Waals surface area contributed by atoms with Crippen molar-refractivity contribution in [2.45, 2.75) is 13.1 Å². The topological polar surface area (TPSA) is 37.4 Å². The molecule has 0 N–H and O–H groups in total. The van der Waals surface area contributed by atoms with Gasteiger partial charge in [0.05, 0.1) is 5.56 Å². The highest BCUT2D eigenvalue weighted by atomic mass is 32.2. The molecule has 1 aliphatic heterocycles. The van der Waals surface area contributed by atoms with Gasteiger partial charge in [0.2, 0.25) is 5.91 Å². The molecule has 3 nitrogen and oxygen atoms in total. The van der Waals surface area contributed by atoms with Gasteiger partial charge in [-0.15, -0.1) is 0 Å². The SMILES string of the molecule is C/C(=C/C(=O)N1CCS(=O)CC1)c1cccc(C(F)(F)F)c1. The molecule has 1 fully saturated rings. The van der Waals surface area contributed by atoms with E-state index in [2.05, 4.69) is 0 Å². The third-order valence-electron chi connectivity index (χ3n) is 3.47. The predicted molar refractivity (Wildman–Crippen MR) is 79.6 cm³/mol. The normalized spacial score (nSPS) is 17.6. The first-order valence-electron chi connectivity index (χ1n) is 6.77. The van der Waals surface area contributed by atoms with Crippen molar-refractivity contribution in [3.8, 4) is 0 Å². The smallest absolute Gasteiger partial charge is 0.337 e. The lowest BCUT2D eigenvalue weighted by atomic mass is 10.0. The average molecular weight is 331 g/mol. The standard InChI is InChI=1S/C15H16F3NO2S/c1-11(9-14(20)19-5-7-22(21)8-6-19)12-3-2-4-13(10-12)15(16,17)18/h2-4,9-10H,5-8H2,1H3/b11-9-. The molecule has 22 heavy (non-hydrogen) atoms. The van der Waals surface area contributed by atoms with Gasteiger partial charge in [-0.1, -0.05) is 12.1 Å². The lowest BCUT2D eigenvalue weighted by Gasteiger charge is -2.25. The number of benzene rings is 1. The summed E-state index contributed by atoms with van der Waals surface area (Å²) in [5.74, 6) is 0.635. The molecular formula is C15H16F3NO2S. The van der Waals surface area contributed by atoms with Crippen molar-refractivity contribution < 1.29 is 22.2 Å². The van der Waals surface area contributed by atoms with E-state index in [0.29, 0.717) is 35.7 Å². The van der Waals surface area contributed by atoms with Crippen LogP contribution in [-0.4, -0.2) is 39.6 Å². The molecule has 0 atom stereocenters. The van der Waals surface area contributed by atoms with Gasteiger partial charge in [0.15, 0.2) is 0 Å². The van der Waals surface area contributed by atoms with E-state index in [1.54, 1.807) is 17.9 Å². The van der Waals surface area contributed by atoms with E-state index < -0.39 is 22.5 Å². The van der Waals surface area contributed by atoms with Gasteiger partial charge < -0.3 is 4.90 Å². The number of hydrogen-bond donors (Lipinski definition) is 0. The summed E-state index contributed by atoms with van der Waals surface area (Å²) in [6.07, 6.45) is -3.07. The number of hydrogen-bond acceptors (Lipinski definition) is 2. The second-order valence-electron chi connectivity index (χ2n) is 5.08. The van der Waals surface area contributed by atoms with Crippen molar-refractivity contribution in [1.29, 1.82) is 0 Å². The first-order chi connectivity index (χ1) is 10.3. The Kier molecular flexibility index (Phi) is 5.05. The summed E-state index contributed by atoms with van der Waals surface area (Å²) in [6, 6.07) is 4.90. The van der Waals surface area contributed by atoms with Crippen molar-refractivity contribution in [3.63, 3.8) is 0 Å². The molecule has 1 aromatic carbocycles. The second kappa shape index (κ2) is 6.64. The Balaban J connectivity index is 2.15. The van der Waals surface area contributed by atoms with Crippen LogP contribution >= 0.6 is 0 Å². The summed E-state index contributed by atoms with van der Waals surface area (Å²) in [7, 11) is -0.879. The van der Waals surface area contributed by atoms with E-state index >= 15 is 0 Å². The van der Waals surface area contributed by atoms with Crippen molar-refractivity contribution >= 4 is 22.3 Å². The quantitative estimate of drug-likeness (QED) is 0.782. The van der Waals surface area contributed by atoms with Crippen LogP contribution in [-0.2, 0) is 21.8 Å². The molecule has 0 saturated carbocycles. The molecule has 0 aromatic heterocycles. The Morgan fingerprint density at radius 3 is 2.50 bits per heavy atom. The van der Waals surface area contributed by atoms with E-state index in [-0.39, 0.29) is 5.91 Å². The lowest BCUT2D eigenvalue weighted by molar-refractivity contribution is -0.137. The van der Waals surface area contributed by atoms with Crippen molar-refractivity contribution in [1.82, 2.24) is 4.90 Å². The number of halogens is 3. The van der Waals surface area contributed by atoms with E-state index in [0.717, 1.165) is 12.1 Å². The van der Waals surface area contributed by atoms with Crippen LogP contribution < -0.4 is 0 Å². The second-order valence-corrected chi connectivity index (χ2v) is 6.78. The summed E-state index contributed by atoms with van der Waals surface area (Å²) in [6.45, 7) is 2.44. The molecule has 1 saturated heterocycles. The number of alkyl halides is 3. The third kappa shape index (κ3) is 4.19. The number of amides is 1. The van der Waals surface area contributed by atoms with E-state index in [1.165, 1.54) is 12.1 Å². The number of carbonyl (C=O) groups is 1. The van der Waals surface area contributed by atoms with E-state index in [1.807, 2.05) is 0 Å². The fraction of sp³-hybridized carbons (Fsp3) is 0.400. The summed E-state index contributed by atoms with van der Waals surface area (Å²) in [4.78, 5) is 13.7. The van der Waals surface area contributed by atoms with Crippen LogP contribution in [0.4, 0.5) is 13.2 Å². The zero-order chi connectivity index (χ0) is 16.3. The van der Waals surface area contributed by atoms with Crippen LogP contribution in [0.25, 0.3) is 5.57 Å². The van der Waals surface area contributed by atoms with Crippen LogP contribution in [0, 0.1) is 0 Å². The van der Waals surface area contributed by atoms with Gasteiger partial charge in [-0.2, -0.15) is 13.2 Å². The summed E-state index contributed by atoms with van der Waals surface area (Å²) in [5.41, 5.74) is 0.102. The van der Waals surface area contributed by atoms with Crippen LogP contribution in [0.15, 0.2) is 30.3 Å². The minimum absolute atomic E-state index is 0.258. The van der Waals surface area contributed by atoms with Gasteiger partial charge >= 0.3 is 6.18 Å². The summed E-state index contributed by atoms with van der Waals surface area (Å²) < 4.78 is 49.4. The number of carbonyl (C=O) groups excluding carboxylic acids is 1. The fourth-order valence-electron chi connectivity index (χ4n) is 2.16. The number of nitrogens with zero attached hydrogens (tertiary/aromatic N) is 1. The monoisotopic (exact) mass is 331 g/mol. The van der Waals surface area contributed by atoms with Gasteiger partial charge in [-0.3, -0.25) is 9.00 Å². The van der Waals surface area contributed by atoms with E-state index in [4.69, 9.17) is 0 Å². The van der Waals surface area contributed by atoms with Gasteiger partial charge in [0.25, 0.3) is 0 Å². The largest absolute Gasteiger partial charge is 0.416 e. The first-order valence-corrected chi connectivity index (χ1v) is 8.26. The maximum absolute atomic E-state index is 12.7. The Bertz CT molecular complexity index is 615. The molecule has 1 aromatic rings. The van der Waals surface area contributed by atoms with Gasteiger partial charge in [0.1, 0.15) is 0 Å². The molecule has 1 heterocycles. The molecule has 0 aliphatic carbocycles. The average Bonchev–Trinajstić information content (AvgIpc) is 2.47. The number of allylic oxidation sites excluding steroid dienone is 1. The maximum atomic E-state index is 12.7. The molecule has 0 radical (unpaired) electrons. The Morgan fingerprint density at radius 1 is 1.27 bits per heavy atom. The molecule has 1 amide bonds. The molecule has 0 bridgehead atoms. The van der Waals surface area contributed by atoms with Crippen molar-refractivity contribution in [2.24, 2.45) is 0 Å².